The lowest BCUT2D eigenvalue weighted by atomic mass is 10.0. The Morgan fingerprint density at radius 3 is 1.89 bits per heavy atom. The van der Waals surface area contributed by atoms with E-state index in [0.29, 0.717) is 0 Å². The minimum atomic E-state index is 0.0278. The summed E-state index contributed by atoms with van der Waals surface area (Å²) in [7, 11) is 0.0278. The lowest BCUT2D eigenvalue weighted by molar-refractivity contribution is 0.589. The van der Waals surface area contributed by atoms with E-state index >= 15 is 0 Å². The fourth-order valence-corrected chi connectivity index (χ4v) is 1.93. The monoisotopic (exact) mass is 306 g/mol. The molecule has 18 heavy (non-hydrogen) atoms. The van der Waals surface area contributed by atoms with E-state index in [1.165, 1.54) is 56.9 Å². The second kappa shape index (κ2) is 15.3. The predicted molar refractivity (Wildman–Crippen MR) is 88.2 cm³/mol. The minimum Gasteiger partial charge on any atom is -0.0818 e. The molecule has 0 saturated heterocycles. The smallest absolute Gasteiger partial charge is 0.0713 e. The van der Waals surface area contributed by atoms with Gasteiger partial charge in [-0.3, -0.25) is 0 Å². The summed E-state index contributed by atoms with van der Waals surface area (Å²) < 4.78 is 0. The van der Waals surface area contributed by atoms with E-state index in [9.17, 15) is 0 Å². The average Bonchev–Trinajstić information content (AvgIpc) is 2.40. The first-order valence-electron chi connectivity index (χ1n) is 6.85. The summed E-state index contributed by atoms with van der Waals surface area (Å²) in [5.41, 5.74) is 1.49. The molecule has 0 nitrogen and oxygen atoms in total. The van der Waals surface area contributed by atoms with Gasteiger partial charge in [-0.25, -0.2) is 0 Å². The van der Waals surface area contributed by atoms with Crippen LogP contribution in [0.15, 0.2) is 30.3 Å². The molecule has 0 N–H and O–H groups in total. The van der Waals surface area contributed by atoms with Gasteiger partial charge >= 0.3 is 0 Å². The molecule has 0 radical (unpaired) electrons. The molecule has 0 saturated carbocycles. The molecule has 0 amide bonds. The van der Waals surface area contributed by atoms with E-state index in [-0.39, 0.29) is 7.29 Å². The van der Waals surface area contributed by atoms with Crippen LogP contribution >= 0.6 is 29.8 Å². The second-order valence-corrected chi connectivity index (χ2v) is 6.29. The maximum absolute atomic E-state index is 4.79. The number of benzene rings is 1. The first kappa shape index (κ1) is 18.2. The number of rotatable bonds is 8. The summed E-state index contributed by atoms with van der Waals surface area (Å²) >= 11 is 9.58. The van der Waals surface area contributed by atoms with Gasteiger partial charge in [0.05, 0.1) is 7.29 Å². The van der Waals surface area contributed by atoms with Crippen molar-refractivity contribution in [2.75, 3.05) is 0 Å². The number of aryl methyl sites for hydroxylation is 1. The van der Waals surface area contributed by atoms with E-state index in [1.54, 1.807) is 0 Å². The van der Waals surface area contributed by atoms with Gasteiger partial charge in [0.15, 0.2) is 0 Å². The highest BCUT2D eigenvalue weighted by Gasteiger charge is 1.92. The van der Waals surface area contributed by atoms with Gasteiger partial charge in [0.25, 0.3) is 0 Å². The molecular weight excluding hydrogens is 282 g/mol. The topological polar surface area (TPSA) is 0 Å². The highest BCUT2D eigenvalue weighted by atomic mass is 35.9. The highest BCUT2D eigenvalue weighted by Crippen LogP contribution is 2.19. The van der Waals surface area contributed by atoms with Gasteiger partial charge in [-0.1, -0.05) is 98.3 Å². The summed E-state index contributed by atoms with van der Waals surface area (Å²) in [5, 5.41) is 0. The normalized spacial score (nSPS) is 9.72. The zero-order valence-electron chi connectivity index (χ0n) is 11.3. The van der Waals surface area contributed by atoms with Crippen LogP contribution in [0, 0.1) is 0 Å². The quantitative estimate of drug-likeness (QED) is 0.360. The number of halogens is 2. The van der Waals surface area contributed by atoms with Crippen LogP contribution in [0.3, 0.4) is 0 Å². The largest absolute Gasteiger partial charge is 0.0818 e. The van der Waals surface area contributed by atoms with Crippen molar-refractivity contribution in [3.8, 4) is 0 Å². The summed E-state index contributed by atoms with van der Waals surface area (Å²) in [5.74, 6) is 0. The molecule has 0 heterocycles. The van der Waals surface area contributed by atoms with Gasteiger partial charge in [0.1, 0.15) is 0 Å². The summed E-state index contributed by atoms with van der Waals surface area (Å²) in [4.78, 5) is 0. The third-order valence-corrected chi connectivity index (χ3v) is 2.91. The van der Waals surface area contributed by atoms with Crippen LogP contribution in [0.2, 0.25) is 0 Å². The Bertz CT molecular complexity index is 252. The molecule has 0 fully saturated rings. The standard InChI is InChI=1S/C15H24.Cl2HP/c1-2-3-4-5-6-7-9-12-15-13-10-8-11-14-15;1-3-2/h8,10-11,13-14H,2-7,9,12H2,1H3;3H. The molecule has 0 aliphatic carbocycles. The van der Waals surface area contributed by atoms with Crippen molar-refractivity contribution in [3.05, 3.63) is 35.9 Å². The fourth-order valence-electron chi connectivity index (χ4n) is 1.93. The Kier molecular flexibility index (Phi) is 15.5. The molecule has 1 aromatic rings. The van der Waals surface area contributed by atoms with E-state index in [0.717, 1.165) is 0 Å². The van der Waals surface area contributed by atoms with Gasteiger partial charge in [0.2, 0.25) is 0 Å². The molecule has 104 valence electrons. The maximum Gasteiger partial charge on any atom is 0.0713 e. The number of hydrogen-bond acceptors (Lipinski definition) is 0. The van der Waals surface area contributed by atoms with Crippen molar-refractivity contribution < 1.29 is 0 Å². The molecule has 0 spiro atoms. The second-order valence-electron chi connectivity index (χ2n) is 4.43. The number of unbranched alkanes of at least 4 members (excludes halogenated alkanes) is 6. The number of hydrogen-bond donors (Lipinski definition) is 0. The van der Waals surface area contributed by atoms with Gasteiger partial charge in [-0.2, -0.15) is 0 Å². The molecule has 0 unspecified atom stereocenters. The Labute approximate surface area is 124 Å². The molecule has 1 rings (SSSR count). The van der Waals surface area contributed by atoms with Crippen molar-refractivity contribution in [2.45, 2.75) is 58.3 Å². The van der Waals surface area contributed by atoms with Gasteiger partial charge < -0.3 is 0 Å². The summed E-state index contributed by atoms with van der Waals surface area (Å²) in [6.07, 6.45) is 11.1. The average molecular weight is 307 g/mol. The Morgan fingerprint density at radius 1 is 0.833 bits per heavy atom. The van der Waals surface area contributed by atoms with Crippen LogP contribution in [0.4, 0.5) is 0 Å². The van der Waals surface area contributed by atoms with Gasteiger partial charge in [-0.05, 0) is 18.4 Å². The van der Waals surface area contributed by atoms with Crippen LogP contribution in [0.1, 0.15) is 57.4 Å². The molecule has 3 heteroatoms. The molecule has 1 aromatic carbocycles. The van der Waals surface area contributed by atoms with E-state index < -0.39 is 0 Å². The first-order valence-corrected chi connectivity index (χ1v) is 9.87. The van der Waals surface area contributed by atoms with E-state index in [4.69, 9.17) is 22.5 Å². The van der Waals surface area contributed by atoms with Crippen molar-refractivity contribution in [3.63, 3.8) is 0 Å². The van der Waals surface area contributed by atoms with Gasteiger partial charge in [-0.15, -0.1) is 0 Å². The van der Waals surface area contributed by atoms with Crippen molar-refractivity contribution >= 4 is 29.8 Å². The summed E-state index contributed by atoms with van der Waals surface area (Å²) in [6, 6.07) is 10.8. The van der Waals surface area contributed by atoms with Gasteiger partial charge in [0, 0.05) is 0 Å². The molecule has 0 atom stereocenters. The van der Waals surface area contributed by atoms with E-state index in [2.05, 4.69) is 37.3 Å². The molecule has 0 aliphatic rings. The van der Waals surface area contributed by atoms with E-state index in [1.807, 2.05) is 0 Å². The Balaban J connectivity index is 0.000000873. The first-order chi connectivity index (χ1) is 8.85. The van der Waals surface area contributed by atoms with Crippen molar-refractivity contribution in [2.24, 2.45) is 0 Å². The molecule has 0 aromatic heterocycles. The third-order valence-electron chi connectivity index (χ3n) is 2.91. The van der Waals surface area contributed by atoms with Crippen molar-refractivity contribution in [1.29, 1.82) is 0 Å². The van der Waals surface area contributed by atoms with Crippen LogP contribution < -0.4 is 0 Å². The Morgan fingerprint density at radius 2 is 1.33 bits per heavy atom. The fraction of sp³-hybridized carbons (Fsp3) is 0.600. The molecular formula is C15H25Cl2P. The Hall–Kier alpha value is 0.230. The minimum absolute atomic E-state index is 0.0278. The lowest BCUT2D eigenvalue weighted by Crippen LogP contribution is -1.85. The summed E-state index contributed by atoms with van der Waals surface area (Å²) in [6.45, 7) is 2.27. The third kappa shape index (κ3) is 12.7. The van der Waals surface area contributed by atoms with Crippen LogP contribution in [0.5, 0.6) is 0 Å². The predicted octanol–water partition coefficient (Wildman–Crippen LogP) is 6.95. The lowest BCUT2D eigenvalue weighted by Gasteiger charge is -2.01. The SMILES string of the molecule is CCCCCCCCCc1ccccc1.ClPCl. The highest BCUT2D eigenvalue weighted by molar-refractivity contribution is 7.90. The van der Waals surface area contributed by atoms with Crippen LogP contribution in [0.25, 0.3) is 0 Å². The molecule has 0 bridgehead atoms. The zero-order valence-corrected chi connectivity index (χ0v) is 13.8. The van der Waals surface area contributed by atoms with Crippen LogP contribution in [-0.2, 0) is 6.42 Å². The van der Waals surface area contributed by atoms with Crippen molar-refractivity contribution in [1.82, 2.24) is 0 Å². The maximum atomic E-state index is 4.79. The van der Waals surface area contributed by atoms with Crippen LogP contribution in [-0.4, -0.2) is 0 Å². The molecule has 0 aliphatic heterocycles. The zero-order chi connectivity index (χ0) is 13.5.